The van der Waals surface area contributed by atoms with Crippen molar-refractivity contribution < 1.29 is 4.39 Å². The molecular formula is C19H20FN. The highest BCUT2D eigenvalue weighted by atomic mass is 19.1. The Hall–Kier alpha value is -1.96. The minimum atomic E-state index is -0.157. The zero-order valence-electron chi connectivity index (χ0n) is 12.5. The molecule has 3 rings (SSSR count). The lowest BCUT2D eigenvalue weighted by Gasteiger charge is -2.21. The lowest BCUT2D eigenvalue weighted by molar-refractivity contribution is 0.530. The summed E-state index contributed by atoms with van der Waals surface area (Å²) in [5.74, 6) is 0.682. The van der Waals surface area contributed by atoms with Crippen molar-refractivity contribution in [3.8, 4) is 0 Å². The Bertz CT molecular complexity index is 673. The van der Waals surface area contributed by atoms with Crippen molar-refractivity contribution in [1.29, 1.82) is 0 Å². The van der Waals surface area contributed by atoms with E-state index < -0.39 is 0 Å². The van der Waals surface area contributed by atoms with Crippen LogP contribution in [0.2, 0.25) is 0 Å². The maximum Gasteiger partial charge on any atom is 0.123 e. The minimum Gasteiger partial charge on any atom is -0.260 e. The van der Waals surface area contributed by atoms with E-state index in [2.05, 4.69) is 31.0 Å². The molecule has 0 amide bonds. The van der Waals surface area contributed by atoms with Crippen molar-refractivity contribution in [1.82, 2.24) is 4.98 Å². The fourth-order valence-electron chi connectivity index (χ4n) is 3.09. The predicted octanol–water partition coefficient (Wildman–Crippen LogP) is 4.99. The van der Waals surface area contributed by atoms with Gasteiger partial charge in [0.2, 0.25) is 0 Å². The highest BCUT2D eigenvalue weighted by molar-refractivity contribution is 5.63. The minimum absolute atomic E-state index is 0.157. The van der Waals surface area contributed by atoms with E-state index in [0.717, 1.165) is 24.1 Å². The van der Waals surface area contributed by atoms with Gasteiger partial charge >= 0.3 is 0 Å². The fraction of sp³-hybridized carbons (Fsp3) is 0.316. The summed E-state index contributed by atoms with van der Waals surface area (Å²) in [5.41, 5.74) is 4.76. The lowest BCUT2D eigenvalue weighted by Crippen LogP contribution is -2.07. The zero-order valence-corrected chi connectivity index (χ0v) is 12.5. The van der Waals surface area contributed by atoms with Gasteiger partial charge in [0.05, 0.1) is 5.69 Å². The van der Waals surface area contributed by atoms with Gasteiger partial charge in [-0.25, -0.2) is 4.39 Å². The maximum absolute atomic E-state index is 13.6. The van der Waals surface area contributed by atoms with E-state index in [1.54, 1.807) is 12.1 Å². The van der Waals surface area contributed by atoms with Gasteiger partial charge < -0.3 is 0 Å². The van der Waals surface area contributed by atoms with Gasteiger partial charge in [0, 0.05) is 18.5 Å². The van der Waals surface area contributed by atoms with E-state index in [4.69, 9.17) is 0 Å². The van der Waals surface area contributed by atoms with E-state index in [1.807, 2.05) is 18.3 Å². The molecule has 1 nitrogen and oxygen atoms in total. The monoisotopic (exact) mass is 281 g/mol. The third kappa shape index (κ3) is 3.05. The number of halogens is 1. The van der Waals surface area contributed by atoms with Gasteiger partial charge in [0.25, 0.3) is 0 Å². The second-order valence-electron chi connectivity index (χ2n) is 6.17. The smallest absolute Gasteiger partial charge is 0.123 e. The highest BCUT2D eigenvalue weighted by Crippen LogP contribution is 2.37. The van der Waals surface area contributed by atoms with Gasteiger partial charge in [-0.2, -0.15) is 0 Å². The number of fused-ring (bicyclic) bond motifs is 1. The summed E-state index contributed by atoms with van der Waals surface area (Å²) in [4.78, 5) is 4.46. The molecule has 108 valence electrons. The van der Waals surface area contributed by atoms with Crippen LogP contribution in [0.25, 0.3) is 6.08 Å². The van der Waals surface area contributed by atoms with Crippen molar-refractivity contribution in [2.24, 2.45) is 5.92 Å². The molecule has 1 aliphatic rings. The number of pyridine rings is 1. The van der Waals surface area contributed by atoms with Crippen LogP contribution in [0.15, 0.2) is 48.2 Å². The quantitative estimate of drug-likeness (QED) is 0.769. The van der Waals surface area contributed by atoms with Crippen LogP contribution < -0.4 is 0 Å². The van der Waals surface area contributed by atoms with Crippen LogP contribution in [0.4, 0.5) is 4.39 Å². The summed E-state index contributed by atoms with van der Waals surface area (Å²) < 4.78 is 13.6. The molecule has 2 aromatic rings. The van der Waals surface area contributed by atoms with Gasteiger partial charge in [-0.1, -0.05) is 43.7 Å². The van der Waals surface area contributed by atoms with Gasteiger partial charge in [0.1, 0.15) is 5.82 Å². The molecule has 1 aromatic carbocycles. The summed E-state index contributed by atoms with van der Waals surface area (Å²) in [6, 6.07) is 11.1. The molecular weight excluding hydrogens is 261 g/mol. The third-order valence-corrected chi connectivity index (χ3v) is 4.04. The maximum atomic E-state index is 13.6. The summed E-state index contributed by atoms with van der Waals surface area (Å²) >= 11 is 0. The van der Waals surface area contributed by atoms with E-state index >= 15 is 0 Å². The highest BCUT2D eigenvalue weighted by Gasteiger charge is 2.23. The first-order chi connectivity index (χ1) is 10.1. The van der Waals surface area contributed by atoms with Crippen molar-refractivity contribution in [3.63, 3.8) is 0 Å². The van der Waals surface area contributed by atoms with Crippen molar-refractivity contribution in [3.05, 3.63) is 70.8 Å². The van der Waals surface area contributed by atoms with Gasteiger partial charge in [-0.15, -0.1) is 0 Å². The molecule has 0 aliphatic heterocycles. The third-order valence-electron chi connectivity index (χ3n) is 4.04. The Kier molecular flexibility index (Phi) is 3.87. The Morgan fingerprint density at radius 3 is 2.76 bits per heavy atom. The molecule has 0 N–H and O–H groups in total. The number of allylic oxidation sites excluding steroid dienone is 1. The summed E-state index contributed by atoms with van der Waals surface area (Å²) in [7, 11) is 0. The lowest BCUT2D eigenvalue weighted by atomic mass is 9.84. The average Bonchev–Trinajstić information content (AvgIpc) is 2.88. The molecule has 0 saturated heterocycles. The number of hydrogen-bond donors (Lipinski definition) is 0. The van der Waals surface area contributed by atoms with Crippen LogP contribution in [-0.4, -0.2) is 4.98 Å². The van der Waals surface area contributed by atoms with Crippen LogP contribution >= 0.6 is 0 Å². The van der Waals surface area contributed by atoms with Gasteiger partial charge in [-0.05, 0) is 41.7 Å². The number of aromatic nitrogens is 1. The second-order valence-corrected chi connectivity index (χ2v) is 6.17. The fourth-order valence-corrected chi connectivity index (χ4v) is 3.09. The Morgan fingerprint density at radius 1 is 1.19 bits per heavy atom. The molecule has 0 radical (unpaired) electrons. The SMILES string of the molecule is CC(C)CC(C1=Cc2cccnc2C1)c1cccc(F)c1. The standard InChI is InChI=1S/C19H20FN/c1-13(2)9-18(14-5-3-7-17(20)11-14)16-10-15-6-4-8-21-19(15)12-16/h3-8,10-11,13,18H,9,12H2,1-2H3. The van der Waals surface area contributed by atoms with Gasteiger partial charge in [-0.3, -0.25) is 4.98 Å². The molecule has 2 heteroatoms. The first-order valence-electron chi connectivity index (χ1n) is 7.53. The second kappa shape index (κ2) is 5.80. The molecule has 0 saturated carbocycles. The van der Waals surface area contributed by atoms with Crippen LogP contribution in [0.5, 0.6) is 0 Å². The summed E-state index contributed by atoms with van der Waals surface area (Å²) in [6.07, 6.45) is 5.99. The van der Waals surface area contributed by atoms with Gasteiger partial charge in [0.15, 0.2) is 0 Å². The largest absolute Gasteiger partial charge is 0.260 e. The van der Waals surface area contributed by atoms with E-state index in [9.17, 15) is 4.39 Å². The normalized spacial score (nSPS) is 15.0. The molecule has 1 aliphatic carbocycles. The predicted molar refractivity (Wildman–Crippen MR) is 84.5 cm³/mol. The Morgan fingerprint density at radius 2 is 2.05 bits per heavy atom. The molecule has 1 heterocycles. The molecule has 1 unspecified atom stereocenters. The zero-order chi connectivity index (χ0) is 14.8. The van der Waals surface area contributed by atoms with Crippen LogP contribution in [0.3, 0.4) is 0 Å². The molecule has 1 aromatic heterocycles. The first kappa shape index (κ1) is 14.0. The molecule has 21 heavy (non-hydrogen) atoms. The summed E-state index contributed by atoms with van der Waals surface area (Å²) in [5, 5.41) is 0. The number of benzene rings is 1. The van der Waals surface area contributed by atoms with Crippen molar-refractivity contribution in [2.75, 3.05) is 0 Å². The topological polar surface area (TPSA) is 12.9 Å². The Labute approximate surface area is 125 Å². The van der Waals surface area contributed by atoms with Crippen molar-refractivity contribution >= 4 is 6.08 Å². The Balaban J connectivity index is 1.95. The summed E-state index contributed by atoms with van der Waals surface area (Å²) in [6.45, 7) is 4.43. The van der Waals surface area contributed by atoms with Crippen LogP contribution in [0.1, 0.15) is 43.0 Å². The number of hydrogen-bond acceptors (Lipinski definition) is 1. The molecule has 0 bridgehead atoms. The molecule has 1 atom stereocenters. The van der Waals surface area contributed by atoms with E-state index in [-0.39, 0.29) is 11.7 Å². The van der Waals surface area contributed by atoms with Crippen LogP contribution in [-0.2, 0) is 6.42 Å². The number of nitrogens with zero attached hydrogens (tertiary/aromatic N) is 1. The molecule has 0 spiro atoms. The van der Waals surface area contributed by atoms with Crippen molar-refractivity contribution in [2.45, 2.75) is 32.6 Å². The number of rotatable bonds is 4. The van der Waals surface area contributed by atoms with E-state index in [0.29, 0.717) is 5.92 Å². The van der Waals surface area contributed by atoms with E-state index in [1.165, 1.54) is 17.2 Å². The average molecular weight is 281 g/mol. The van der Waals surface area contributed by atoms with Crippen LogP contribution in [0, 0.1) is 11.7 Å². The molecule has 0 fully saturated rings. The first-order valence-corrected chi connectivity index (χ1v) is 7.53.